The summed E-state index contributed by atoms with van der Waals surface area (Å²) in [4.78, 5) is 16.3. The van der Waals surface area contributed by atoms with Crippen LogP contribution in [0.5, 0.6) is 11.5 Å². The van der Waals surface area contributed by atoms with Crippen LogP contribution in [-0.4, -0.2) is 81.4 Å². The number of hydroxylamine groups is 1. The highest BCUT2D eigenvalue weighted by molar-refractivity contribution is 7.92. The lowest BCUT2D eigenvalue weighted by atomic mass is 10.2. The average molecular weight is 531 g/mol. The zero-order valence-electron chi connectivity index (χ0n) is 20.1. The van der Waals surface area contributed by atoms with Gasteiger partial charge in [0.25, 0.3) is 5.91 Å². The number of carbonyl (C=O) groups is 1. The fraction of sp³-hybridized carbons (Fsp3) is 0.435. The Morgan fingerprint density at radius 2 is 1.69 bits per heavy atom. The van der Waals surface area contributed by atoms with Crippen LogP contribution in [0, 0.1) is 0 Å². The monoisotopic (exact) mass is 530 g/mol. The van der Waals surface area contributed by atoms with Gasteiger partial charge in [0.1, 0.15) is 17.5 Å². The van der Waals surface area contributed by atoms with E-state index >= 15 is 0 Å². The number of ether oxygens (including phenoxy) is 1. The number of sulfonamides is 1. The molecule has 0 aliphatic carbocycles. The maximum absolute atomic E-state index is 12.7. The molecule has 1 saturated heterocycles. The van der Waals surface area contributed by atoms with E-state index in [1.165, 1.54) is 36.4 Å². The van der Waals surface area contributed by atoms with Crippen LogP contribution >= 0.6 is 0 Å². The van der Waals surface area contributed by atoms with Gasteiger partial charge in [0.2, 0.25) is 10.0 Å². The summed E-state index contributed by atoms with van der Waals surface area (Å²) in [6.07, 6.45) is -2.65. The number of benzene rings is 2. The number of rotatable bonds is 9. The number of likely N-dealkylation sites (tertiary alicyclic amines) is 1. The Balaban J connectivity index is 1.78. The zero-order valence-corrected chi connectivity index (χ0v) is 20.9. The van der Waals surface area contributed by atoms with Crippen LogP contribution in [0.3, 0.4) is 0 Å². The number of nitrogens with zero attached hydrogens (tertiary/aromatic N) is 3. The Labute approximate surface area is 208 Å². The van der Waals surface area contributed by atoms with Crippen molar-refractivity contribution in [1.29, 1.82) is 0 Å². The number of alkyl halides is 3. The largest absolute Gasteiger partial charge is 0.457 e. The number of nitrogens with one attached hydrogen (secondary N) is 1. The third-order valence-corrected chi connectivity index (χ3v) is 7.22. The lowest BCUT2D eigenvalue weighted by Gasteiger charge is -2.32. The molecule has 1 aliphatic heterocycles. The second-order valence-corrected chi connectivity index (χ2v) is 10.7. The second kappa shape index (κ2) is 11.0. The van der Waals surface area contributed by atoms with Crippen molar-refractivity contribution < 1.29 is 36.3 Å². The van der Waals surface area contributed by atoms with Crippen LogP contribution in [0.1, 0.15) is 12.0 Å². The van der Waals surface area contributed by atoms with E-state index in [0.29, 0.717) is 13.1 Å². The summed E-state index contributed by atoms with van der Waals surface area (Å²) in [6, 6.07) is 9.34. The molecule has 36 heavy (non-hydrogen) atoms. The normalized spacial score (nSPS) is 17.7. The maximum Gasteiger partial charge on any atom is 0.416 e. The molecule has 198 valence electrons. The molecular weight excluding hydrogens is 501 g/mol. The molecule has 1 heterocycles. The fourth-order valence-electron chi connectivity index (χ4n) is 4.03. The number of hydrogen-bond donors (Lipinski definition) is 2. The third kappa shape index (κ3) is 6.87. The molecule has 9 nitrogen and oxygen atoms in total. The number of carbonyl (C=O) groups excluding carboxylic acids is 1. The maximum atomic E-state index is 12.7. The van der Waals surface area contributed by atoms with Gasteiger partial charge in [0.15, 0.2) is 0 Å². The fourth-order valence-corrected chi connectivity index (χ4v) is 4.95. The van der Waals surface area contributed by atoms with Crippen molar-refractivity contribution in [1.82, 2.24) is 15.3 Å². The lowest BCUT2D eigenvalue weighted by Crippen LogP contribution is -2.53. The van der Waals surface area contributed by atoms with Crippen LogP contribution < -0.4 is 14.5 Å². The molecule has 2 atom stereocenters. The lowest BCUT2D eigenvalue weighted by molar-refractivity contribution is -0.137. The molecule has 0 unspecified atom stereocenters. The highest BCUT2D eigenvalue weighted by Crippen LogP contribution is 2.32. The van der Waals surface area contributed by atoms with Gasteiger partial charge in [0.05, 0.1) is 24.1 Å². The highest BCUT2D eigenvalue weighted by Gasteiger charge is 2.36. The molecule has 0 bridgehead atoms. The summed E-state index contributed by atoms with van der Waals surface area (Å²) >= 11 is 0. The molecule has 1 aliphatic rings. The van der Waals surface area contributed by atoms with E-state index in [0.717, 1.165) is 29.1 Å². The number of amides is 1. The minimum absolute atomic E-state index is 0.180. The predicted octanol–water partition coefficient (Wildman–Crippen LogP) is 2.77. The molecule has 0 saturated carbocycles. The first-order chi connectivity index (χ1) is 16.8. The van der Waals surface area contributed by atoms with Gasteiger partial charge in [0, 0.05) is 19.1 Å². The molecule has 2 aromatic carbocycles. The average Bonchev–Trinajstić information content (AvgIpc) is 3.29. The van der Waals surface area contributed by atoms with Crippen molar-refractivity contribution in [3.63, 3.8) is 0 Å². The first-order valence-corrected chi connectivity index (χ1v) is 12.9. The van der Waals surface area contributed by atoms with Gasteiger partial charge < -0.3 is 9.64 Å². The van der Waals surface area contributed by atoms with Gasteiger partial charge >= 0.3 is 6.18 Å². The van der Waals surface area contributed by atoms with Gasteiger partial charge in [-0.2, -0.15) is 13.2 Å². The van der Waals surface area contributed by atoms with E-state index in [1.807, 2.05) is 23.9 Å². The smallest absolute Gasteiger partial charge is 0.416 e. The molecule has 1 fully saturated rings. The van der Waals surface area contributed by atoms with Crippen LogP contribution in [0.25, 0.3) is 0 Å². The quantitative estimate of drug-likeness (QED) is 0.380. The van der Waals surface area contributed by atoms with Gasteiger partial charge in [-0.05, 0) is 69.0 Å². The van der Waals surface area contributed by atoms with Gasteiger partial charge in [-0.15, -0.1) is 0 Å². The molecular formula is C23H29F3N4O5S. The second-order valence-electron chi connectivity index (χ2n) is 8.81. The zero-order chi connectivity index (χ0) is 26.7. The minimum atomic E-state index is -4.46. The number of likely N-dealkylation sites (N-methyl/N-ethyl adjacent to an activating group) is 1. The summed E-state index contributed by atoms with van der Waals surface area (Å²) in [5.74, 6) is -0.254. The summed E-state index contributed by atoms with van der Waals surface area (Å²) < 4.78 is 70.1. The van der Waals surface area contributed by atoms with Gasteiger partial charge in [-0.25, -0.2) is 13.9 Å². The summed E-state index contributed by atoms with van der Waals surface area (Å²) in [6.45, 7) is 0.853. The molecule has 2 aromatic rings. The Morgan fingerprint density at radius 1 is 1.14 bits per heavy atom. The molecule has 2 N–H and O–H groups in total. The van der Waals surface area contributed by atoms with Crippen LogP contribution in [0.2, 0.25) is 0 Å². The van der Waals surface area contributed by atoms with Crippen LogP contribution in [-0.2, 0) is 21.0 Å². The predicted molar refractivity (Wildman–Crippen MR) is 128 cm³/mol. The van der Waals surface area contributed by atoms with Crippen molar-refractivity contribution >= 4 is 21.6 Å². The molecule has 0 radical (unpaired) electrons. The number of hydrogen-bond acceptors (Lipinski definition) is 7. The topological polar surface area (TPSA) is 102 Å². The van der Waals surface area contributed by atoms with Crippen molar-refractivity contribution in [3.05, 3.63) is 54.1 Å². The molecule has 3 rings (SSSR count). The van der Waals surface area contributed by atoms with Gasteiger partial charge in [-0.3, -0.25) is 19.2 Å². The Bertz CT molecular complexity index is 1140. The Morgan fingerprint density at radius 3 is 2.14 bits per heavy atom. The molecule has 1 amide bonds. The van der Waals surface area contributed by atoms with E-state index in [2.05, 4.69) is 0 Å². The SMILES string of the molecule is CN(C)[C@H]1CCN([C@@H](CN(c2ccc(Oc3ccc(C(F)(F)F)cc3)cc2)S(C)(=O)=O)C(=O)NO)C1. The van der Waals surface area contributed by atoms with Crippen molar-refractivity contribution in [3.8, 4) is 11.5 Å². The Kier molecular flexibility index (Phi) is 8.49. The van der Waals surface area contributed by atoms with E-state index in [1.54, 1.807) is 5.48 Å². The van der Waals surface area contributed by atoms with Crippen LogP contribution in [0.4, 0.5) is 18.9 Å². The van der Waals surface area contributed by atoms with Crippen LogP contribution in [0.15, 0.2) is 48.5 Å². The minimum Gasteiger partial charge on any atom is -0.457 e. The summed E-state index contributed by atoms with van der Waals surface area (Å²) in [5, 5.41) is 9.28. The van der Waals surface area contributed by atoms with Crippen molar-refractivity contribution in [2.24, 2.45) is 0 Å². The van der Waals surface area contributed by atoms with Gasteiger partial charge in [-0.1, -0.05) is 0 Å². The molecule has 13 heteroatoms. The van der Waals surface area contributed by atoms with Crippen molar-refractivity contribution in [2.45, 2.75) is 24.7 Å². The van der Waals surface area contributed by atoms with E-state index in [9.17, 15) is 31.6 Å². The third-order valence-electron chi connectivity index (χ3n) is 6.06. The molecule has 0 aromatic heterocycles. The summed E-state index contributed by atoms with van der Waals surface area (Å²) in [7, 11) is 0.0286. The first-order valence-electron chi connectivity index (χ1n) is 11.1. The number of halogens is 3. The Hall–Kier alpha value is -2.87. The van der Waals surface area contributed by atoms with Crippen molar-refractivity contribution in [2.75, 3.05) is 44.3 Å². The van der Waals surface area contributed by atoms with E-state index < -0.39 is 33.7 Å². The summed E-state index contributed by atoms with van der Waals surface area (Å²) in [5.41, 5.74) is 1.10. The van der Waals surface area contributed by atoms with E-state index in [-0.39, 0.29) is 29.8 Å². The first kappa shape index (κ1) is 27.7. The van der Waals surface area contributed by atoms with E-state index in [4.69, 9.17) is 4.74 Å². The molecule has 0 spiro atoms. The number of anilines is 1. The highest BCUT2D eigenvalue weighted by atomic mass is 32.2. The standard InChI is InChI=1S/C23H29F3N4O5S/c1-28(2)18-12-13-29(14-18)21(22(31)27-32)15-30(36(3,33)34)17-6-10-20(11-7-17)35-19-8-4-16(5-9-19)23(24,25)26/h4-11,18,21,32H,12-15H2,1-3H3,(H,27,31)/t18-,21-/m0/s1.